The van der Waals surface area contributed by atoms with Crippen molar-refractivity contribution in [3.8, 4) is 0 Å². The third-order valence-electron chi connectivity index (χ3n) is 3.11. The zero-order valence-corrected chi connectivity index (χ0v) is 11.0. The largest absolute Gasteiger partial charge is 0.390 e. The standard InChI is InChI=1S/C14H30O/c1-4-6-7-8-9-10-11-13-14(3,15)12-5-2/h15H,4-13H2,1-3H3. The first-order valence-corrected chi connectivity index (χ1v) is 6.84. The van der Waals surface area contributed by atoms with E-state index in [9.17, 15) is 5.11 Å². The zero-order chi connectivity index (χ0) is 11.6. The van der Waals surface area contributed by atoms with Crippen LogP contribution in [-0.4, -0.2) is 10.7 Å². The Kier molecular flexibility index (Phi) is 9.18. The molecular formula is C14H30O. The fraction of sp³-hybridized carbons (Fsp3) is 1.00. The van der Waals surface area contributed by atoms with Gasteiger partial charge in [0.1, 0.15) is 0 Å². The summed E-state index contributed by atoms with van der Waals surface area (Å²) in [6, 6.07) is 0. The molecule has 0 aliphatic heterocycles. The lowest BCUT2D eigenvalue weighted by atomic mass is 9.93. The molecule has 1 atom stereocenters. The van der Waals surface area contributed by atoms with Gasteiger partial charge >= 0.3 is 0 Å². The molecule has 0 heterocycles. The van der Waals surface area contributed by atoms with Gasteiger partial charge in [-0.15, -0.1) is 0 Å². The molecule has 0 spiro atoms. The van der Waals surface area contributed by atoms with E-state index in [1.807, 2.05) is 6.92 Å². The molecule has 0 rings (SSSR count). The molecule has 1 unspecified atom stereocenters. The van der Waals surface area contributed by atoms with Crippen LogP contribution >= 0.6 is 0 Å². The Bertz CT molecular complexity index is 129. The highest BCUT2D eigenvalue weighted by atomic mass is 16.3. The highest BCUT2D eigenvalue weighted by Gasteiger charge is 2.17. The maximum Gasteiger partial charge on any atom is 0.0619 e. The molecule has 0 saturated heterocycles. The van der Waals surface area contributed by atoms with Gasteiger partial charge in [0.05, 0.1) is 5.60 Å². The number of hydrogen-bond donors (Lipinski definition) is 1. The molecule has 0 amide bonds. The Morgan fingerprint density at radius 1 is 0.733 bits per heavy atom. The molecule has 1 N–H and O–H groups in total. The topological polar surface area (TPSA) is 20.2 Å². The van der Waals surface area contributed by atoms with Gasteiger partial charge in [-0.05, 0) is 19.8 Å². The van der Waals surface area contributed by atoms with E-state index in [0.717, 1.165) is 19.3 Å². The lowest BCUT2D eigenvalue weighted by molar-refractivity contribution is 0.0386. The predicted molar refractivity (Wildman–Crippen MR) is 68.1 cm³/mol. The second kappa shape index (κ2) is 9.21. The fourth-order valence-electron chi connectivity index (χ4n) is 2.13. The van der Waals surface area contributed by atoms with Gasteiger partial charge in [-0.25, -0.2) is 0 Å². The van der Waals surface area contributed by atoms with Gasteiger partial charge in [0, 0.05) is 0 Å². The van der Waals surface area contributed by atoms with Gasteiger partial charge in [0.25, 0.3) is 0 Å². The van der Waals surface area contributed by atoms with Gasteiger partial charge in [0.15, 0.2) is 0 Å². The first kappa shape index (κ1) is 15.0. The molecule has 0 saturated carbocycles. The van der Waals surface area contributed by atoms with E-state index in [0.29, 0.717) is 0 Å². The minimum Gasteiger partial charge on any atom is -0.390 e. The van der Waals surface area contributed by atoms with E-state index in [4.69, 9.17) is 0 Å². The van der Waals surface area contributed by atoms with E-state index < -0.39 is 5.60 Å². The summed E-state index contributed by atoms with van der Waals surface area (Å²) >= 11 is 0. The Labute approximate surface area is 96.3 Å². The Hall–Kier alpha value is -0.0400. The van der Waals surface area contributed by atoms with E-state index in [-0.39, 0.29) is 0 Å². The molecule has 0 aliphatic carbocycles. The predicted octanol–water partition coefficient (Wildman–Crippen LogP) is 4.68. The van der Waals surface area contributed by atoms with Crippen molar-refractivity contribution in [2.24, 2.45) is 0 Å². The lowest BCUT2D eigenvalue weighted by Gasteiger charge is -2.22. The molecule has 1 nitrogen and oxygen atoms in total. The molecule has 0 radical (unpaired) electrons. The molecule has 0 aromatic heterocycles. The maximum absolute atomic E-state index is 9.96. The molecular weight excluding hydrogens is 184 g/mol. The van der Waals surface area contributed by atoms with Gasteiger partial charge in [-0.2, -0.15) is 0 Å². The average Bonchev–Trinajstić information content (AvgIpc) is 2.16. The van der Waals surface area contributed by atoms with Crippen molar-refractivity contribution in [3.63, 3.8) is 0 Å². The van der Waals surface area contributed by atoms with Crippen molar-refractivity contribution >= 4 is 0 Å². The van der Waals surface area contributed by atoms with Crippen molar-refractivity contribution < 1.29 is 5.11 Å². The molecule has 0 aliphatic rings. The monoisotopic (exact) mass is 214 g/mol. The fourth-order valence-corrected chi connectivity index (χ4v) is 2.13. The third-order valence-corrected chi connectivity index (χ3v) is 3.11. The summed E-state index contributed by atoms with van der Waals surface area (Å²) in [6.07, 6.45) is 12.3. The van der Waals surface area contributed by atoms with E-state index in [2.05, 4.69) is 13.8 Å². The van der Waals surface area contributed by atoms with Gasteiger partial charge in [0.2, 0.25) is 0 Å². The molecule has 15 heavy (non-hydrogen) atoms. The minimum atomic E-state index is -0.405. The van der Waals surface area contributed by atoms with Crippen molar-refractivity contribution in [1.29, 1.82) is 0 Å². The van der Waals surface area contributed by atoms with Crippen LogP contribution in [0.3, 0.4) is 0 Å². The van der Waals surface area contributed by atoms with Crippen molar-refractivity contribution in [2.75, 3.05) is 0 Å². The maximum atomic E-state index is 9.96. The second-order valence-electron chi connectivity index (χ2n) is 5.12. The molecule has 92 valence electrons. The van der Waals surface area contributed by atoms with E-state index in [1.54, 1.807) is 0 Å². The number of rotatable bonds is 10. The SMILES string of the molecule is CCCCCCCCCC(C)(O)CCC. The highest BCUT2D eigenvalue weighted by Crippen LogP contribution is 2.20. The lowest BCUT2D eigenvalue weighted by Crippen LogP contribution is -2.23. The van der Waals surface area contributed by atoms with Crippen molar-refractivity contribution in [1.82, 2.24) is 0 Å². The minimum absolute atomic E-state index is 0.405. The third kappa shape index (κ3) is 10.2. The molecule has 0 aromatic rings. The summed E-state index contributed by atoms with van der Waals surface area (Å²) in [6.45, 7) is 6.37. The van der Waals surface area contributed by atoms with Crippen LogP contribution in [-0.2, 0) is 0 Å². The average molecular weight is 214 g/mol. The van der Waals surface area contributed by atoms with Gasteiger partial charge in [-0.3, -0.25) is 0 Å². The summed E-state index contributed by atoms with van der Waals surface area (Å²) in [5.74, 6) is 0. The summed E-state index contributed by atoms with van der Waals surface area (Å²) < 4.78 is 0. The smallest absolute Gasteiger partial charge is 0.0619 e. The Morgan fingerprint density at radius 2 is 1.27 bits per heavy atom. The first-order chi connectivity index (χ1) is 7.12. The highest BCUT2D eigenvalue weighted by molar-refractivity contribution is 4.71. The summed E-state index contributed by atoms with van der Waals surface area (Å²) in [5.41, 5.74) is -0.405. The zero-order valence-electron chi connectivity index (χ0n) is 11.0. The van der Waals surface area contributed by atoms with Crippen molar-refractivity contribution in [2.45, 2.75) is 90.6 Å². The Balaban J connectivity index is 3.22. The molecule has 0 bridgehead atoms. The van der Waals surface area contributed by atoms with E-state index in [1.165, 1.54) is 44.9 Å². The summed E-state index contributed by atoms with van der Waals surface area (Å²) in [7, 11) is 0. The van der Waals surface area contributed by atoms with Gasteiger partial charge < -0.3 is 5.11 Å². The second-order valence-corrected chi connectivity index (χ2v) is 5.12. The van der Waals surface area contributed by atoms with Crippen LogP contribution in [0.25, 0.3) is 0 Å². The molecule has 0 aromatic carbocycles. The van der Waals surface area contributed by atoms with Gasteiger partial charge in [-0.1, -0.05) is 65.2 Å². The summed E-state index contributed by atoms with van der Waals surface area (Å²) in [5, 5.41) is 9.96. The summed E-state index contributed by atoms with van der Waals surface area (Å²) in [4.78, 5) is 0. The van der Waals surface area contributed by atoms with Crippen LogP contribution in [0.5, 0.6) is 0 Å². The number of hydrogen-bond acceptors (Lipinski definition) is 1. The molecule has 0 fully saturated rings. The number of aliphatic hydroxyl groups is 1. The van der Waals surface area contributed by atoms with E-state index >= 15 is 0 Å². The van der Waals surface area contributed by atoms with Crippen LogP contribution in [0.1, 0.15) is 85.0 Å². The van der Waals surface area contributed by atoms with Crippen LogP contribution in [0.4, 0.5) is 0 Å². The molecule has 1 heteroatoms. The first-order valence-electron chi connectivity index (χ1n) is 6.84. The van der Waals surface area contributed by atoms with Crippen LogP contribution in [0.2, 0.25) is 0 Å². The van der Waals surface area contributed by atoms with Crippen molar-refractivity contribution in [3.05, 3.63) is 0 Å². The Morgan fingerprint density at radius 3 is 1.80 bits per heavy atom. The normalized spacial score (nSPS) is 15.2. The number of unbranched alkanes of at least 4 members (excludes halogenated alkanes) is 6. The van der Waals surface area contributed by atoms with Crippen LogP contribution in [0, 0.1) is 0 Å². The van der Waals surface area contributed by atoms with Crippen LogP contribution < -0.4 is 0 Å². The van der Waals surface area contributed by atoms with Crippen LogP contribution in [0.15, 0.2) is 0 Å². The quantitative estimate of drug-likeness (QED) is 0.524.